The van der Waals surface area contributed by atoms with Crippen LogP contribution in [0, 0.1) is 0 Å². The number of nitrogens with zero attached hydrogens (tertiary/aromatic N) is 1. The van der Waals surface area contributed by atoms with Crippen LogP contribution in [0.25, 0.3) is 0 Å². The van der Waals surface area contributed by atoms with Crippen molar-refractivity contribution in [2.45, 2.75) is 26.2 Å². The highest BCUT2D eigenvalue weighted by molar-refractivity contribution is 14.0. The first-order valence-corrected chi connectivity index (χ1v) is 9.43. The first-order valence-electron chi connectivity index (χ1n) is 8.55. The van der Waals surface area contributed by atoms with Crippen molar-refractivity contribution < 1.29 is 9.21 Å². The molecule has 26 heavy (non-hydrogen) atoms. The van der Waals surface area contributed by atoms with Crippen LogP contribution in [0.5, 0.6) is 0 Å². The SMILES string of the molecule is CC(=O)NCCCN=C(NCCc1ccco1)NCCc1cccs1.I. The van der Waals surface area contributed by atoms with E-state index in [0.29, 0.717) is 13.1 Å². The highest BCUT2D eigenvalue weighted by Crippen LogP contribution is 2.08. The van der Waals surface area contributed by atoms with Crippen molar-refractivity contribution >= 4 is 47.2 Å². The third-order valence-corrected chi connectivity index (χ3v) is 4.40. The molecule has 2 aromatic rings. The summed E-state index contributed by atoms with van der Waals surface area (Å²) >= 11 is 1.76. The third-order valence-electron chi connectivity index (χ3n) is 3.47. The number of rotatable bonds is 10. The summed E-state index contributed by atoms with van der Waals surface area (Å²) in [5.74, 6) is 1.75. The minimum Gasteiger partial charge on any atom is -0.469 e. The fraction of sp³-hybridized carbons (Fsp3) is 0.444. The van der Waals surface area contributed by atoms with Crippen molar-refractivity contribution in [1.82, 2.24) is 16.0 Å². The van der Waals surface area contributed by atoms with E-state index in [-0.39, 0.29) is 29.9 Å². The Labute approximate surface area is 175 Å². The first kappa shape index (κ1) is 22.5. The second-order valence-corrected chi connectivity index (χ2v) is 6.61. The molecule has 6 nitrogen and oxygen atoms in total. The van der Waals surface area contributed by atoms with Crippen molar-refractivity contribution in [2.24, 2.45) is 4.99 Å². The maximum absolute atomic E-state index is 10.9. The number of hydrogen-bond donors (Lipinski definition) is 3. The summed E-state index contributed by atoms with van der Waals surface area (Å²) < 4.78 is 5.34. The highest BCUT2D eigenvalue weighted by atomic mass is 127. The predicted octanol–water partition coefficient (Wildman–Crippen LogP) is 2.81. The number of hydrogen-bond acceptors (Lipinski definition) is 4. The molecule has 1 amide bonds. The molecule has 0 fully saturated rings. The van der Waals surface area contributed by atoms with Crippen LogP contribution in [-0.4, -0.2) is 38.0 Å². The van der Waals surface area contributed by atoms with Crippen LogP contribution in [0.15, 0.2) is 45.3 Å². The Morgan fingerprint density at radius 1 is 1.12 bits per heavy atom. The summed E-state index contributed by atoms with van der Waals surface area (Å²) in [6, 6.07) is 8.07. The molecule has 0 atom stereocenters. The fourth-order valence-corrected chi connectivity index (χ4v) is 2.94. The largest absolute Gasteiger partial charge is 0.469 e. The molecule has 0 aliphatic rings. The second-order valence-electron chi connectivity index (χ2n) is 5.58. The van der Waals surface area contributed by atoms with E-state index in [0.717, 1.165) is 44.1 Å². The van der Waals surface area contributed by atoms with Crippen LogP contribution in [0.3, 0.4) is 0 Å². The van der Waals surface area contributed by atoms with Gasteiger partial charge in [0.15, 0.2) is 5.96 Å². The Hall–Kier alpha value is -1.55. The normalized spacial score (nSPS) is 10.9. The average molecular weight is 490 g/mol. The number of aliphatic imine (C=N–C) groups is 1. The fourth-order valence-electron chi connectivity index (χ4n) is 2.23. The molecule has 0 saturated heterocycles. The van der Waals surface area contributed by atoms with Gasteiger partial charge in [-0.3, -0.25) is 9.79 Å². The van der Waals surface area contributed by atoms with Gasteiger partial charge in [0.1, 0.15) is 5.76 Å². The van der Waals surface area contributed by atoms with E-state index >= 15 is 0 Å². The molecule has 2 aromatic heterocycles. The summed E-state index contributed by atoms with van der Waals surface area (Å²) in [5.41, 5.74) is 0. The number of carbonyl (C=O) groups is 1. The number of guanidine groups is 1. The Kier molecular flexibility index (Phi) is 11.8. The summed E-state index contributed by atoms with van der Waals surface area (Å²) in [5, 5.41) is 11.6. The zero-order valence-corrected chi connectivity index (χ0v) is 18.1. The van der Waals surface area contributed by atoms with Gasteiger partial charge < -0.3 is 20.4 Å². The maximum Gasteiger partial charge on any atom is 0.216 e. The standard InChI is InChI=1S/C18H26N4O2S.HI/c1-15(23)19-9-4-10-20-18(21-11-7-16-5-2-13-24-16)22-12-8-17-6-3-14-25-17;/h2-3,5-6,13-14H,4,7-12H2,1H3,(H,19,23)(H2,20,21,22);1H. The molecule has 0 radical (unpaired) electrons. The van der Waals surface area contributed by atoms with E-state index in [9.17, 15) is 4.79 Å². The van der Waals surface area contributed by atoms with E-state index in [4.69, 9.17) is 4.42 Å². The maximum atomic E-state index is 10.9. The topological polar surface area (TPSA) is 78.7 Å². The molecule has 0 aromatic carbocycles. The van der Waals surface area contributed by atoms with Gasteiger partial charge in [0, 0.05) is 44.4 Å². The average Bonchev–Trinajstić information content (AvgIpc) is 3.27. The highest BCUT2D eigenvalue weighted by Gasteiger charge is 2.01. The Bertz CT molecular complexity index is 587. The van der Waals surface area contributed by atoms with Crippen molar-refractivity contribution in [1.29, 1.82) is 0 Å². The number of halogens is 1. The molecule has 0 bridgehead atoms. The molecule has 8 heteroatoms. The zero-order chi connectivity index (χ0) is 17.7. The van der Waals surface area contributed by atoms with Crippen LogP contribution in [0.1, 0.15) is 24.0 Å². The lowest BCUT2D eigenvalue weighted by Crippen LogP contribution is -2.39. The minimum atomic E-state index is -0.00477. The lowest BCUT2D eigenvalue weighted by atomic mass is 10.3. The van der Waals surface area contributed by atoms with Crippen LogP contribution in [0.2, 0.25) is 0 Å². The summed E-state index contributed by atoms with van der Waals surface area (Å²) in [4.78, 5) is 16.8. The van der Waals surface area contributed by atoms with Gasteiger partial charge in [0.2, 0.25) is 5.91 Å². The number of thiophene rings is 1. The van der Waals surface area contributed by atoms with Crippen LogP contribution in [-0.2, 0) is 17.6 Å². The minimum absolute atomic E-state index is 0. The van der Waals surface area contributed by atoms with Crippen LogP contribution >= 0.6 is 35.3 Å². The Morgan fingerprint density at radius 2 is 1.92 bits per heavy atom. The van der Waals surface area contributed by atoms with Gasteiger partial charge in [-0.1, -0.05) is 6.07 Å². The van der Waals surface area contributed by atoms with Gasteiger partial charge in [-0.2, -0.15) is 0 Å². The molecule has 0 spiro atoms. The van der Waals surface area contributed by atoms with Crippen molar-refractivity contribution in [2.75, 3.05) is 26.2 Å². The monoisotopic (exact) mass is 490 g/mol. The van der Waals surface area contributed by atoms with Gasteiger partial charge in [0.25, 0.3) is 0 Å². The molecule has 0 aliphatic heterocycles. The summed E-state index contributed by atoms with van der Waals surface area (Å²) in [7, 11) is 0. The number of furan rings is 1. The van der Waals surface area contributed by atoms with E-state index in [2.05, 4.69) is 38.5 Å². The molecule has 0 aliphatic carbocycles. The van der Waals surface area contributed by atoms with Gasteiger partial charge >= 0.3 is 0 Å². The number of amides is 1. The van der Waals surface area contributed by atoms with E-state index in [1.165, 1.54) is 11.8 Å². The molecule has 2 heterocycles. The summed E-state index contributed by atoms with van der Waals surface area (Å²) in [6.45, 7) is 4.42. The van der Waals surface area contributed by atoms with Crippen molar-refractivity contribution in [3.8, 4) is 0 Å². The van der Waals surface area contributed by atoms with Gasteiger partial charge in [0.05, 0.1) is 6.26 Å². The first-order chi connectivity index (χ1) is 12.2. The van der Waals surface area contributed by atoms with Crippen LogP contribution in [0.4, 0.5) is 0 Å². The Morgan fingerprint density at radius 3 is 2.58 bits per heavy atom. The van der Waals surface area contributed by atoms with Gasteiger partial charge in [-0.15, -0.1) is 35.3 Å². The Balaban J connectivity index is 0.00000338. The lowest BCUT2D eigenvalue weighted by molar-refractivity contribution is -0.118. The molecular weight excluding hydrogens is 463 g/mol. The predicted molar refractivity (Wildman–Crippen MR) is 117 cm³/mol. The summed E-state index contributed by atoms with van der Waals surface area (Å²) in [6.07, 6.45) is 4.29. The number of nitrogens with one attached hydrogen (secondary N) is 3. The van der Waals surface area contributed by atoms with E-state index in [1.54, 1.807) is 17.6 Å². The van der Waals surface area contributed by atoms with Crippen LogP contribution < -0.4 is 16.0 Å². The molecule has 3 N–H and O–H groups in total. The number of carbonyl (C=O) groups excluding carboxylic acids is 1. The second kappa shape index (κ2) is 13.6. The van der Waals surface area contributed by atoms with Crippen molar-refractivity contribution in [3.05, 3.63) is 46.5 Å². The molecule has 144 valence electrons. The molecule has 2 rings (SSSR count). The van der Waals surface area contributed by atoms with E-state index in [1.807, 2.05) is 12.1 Å². The molecular formula is C18H27IN4O2S. The lowest BCUT2D eigenvalue weighted by Gasteiger charge is -2.12. The quantitative estimate of drug-likeness (QED) is 0.207. The van der Waals surface area contributed by atoms with Gasteiger partial charge in [-0.05, 0) is 36.4 Å². The van der Waals surface area contributed by atoms with E-state index < -0.39 is 0 Å². The third kappa shape index (κ3) is 9.81. The molecule has 0 saturated carbocycles. The zero-order valence-electron chi connectivity index (χ0n) is 15.0. The van der Waals surface area contributed by atoms with Gasteiger partial charge in [-0.25, -0.2) is 0 Å². The molecule has 0 unspecified atom stereocenters. The van der Waals surface area contributed by atoms with Crippen molar-refractivity contribution in [3.63, 3.8) is 0 Å². The smallest absolute Gasteiger partial charge is 0.216 e.